The van der Waals surface area contributed by atoms with Gasteiger partial charge in [-0.2, -0.15) is 0 Å². The van der Waals surface area contributed by atoms with Crippen molar-refractivity contribution >= 4 is 6.03 Å². The molecule has 2 amide bonds. The molecule has 25 heavy (non-hydrogen) atoms. The van der Waals surface area contributed by atoms with Gasteiger partial charge in [-0.3, -0.25) is 4.90 Å². The van der Waals surface area contributed by atoms with Crippen LogP contribution in [0.5, 0.6) is 0 Å². The first kappa shape index (κ1) is 18.2. The molecule has 1 aromatic carbocycles. The van der Waals surface area contributed by atoms with Gasteiger partial charge < -0.3 is 15.0 Å². The minimum atomic E-state index is 0.0729. The van der Waals surface area contributed by atoms with E-state index in [1.807, 2.05) is 4.90 Å². The van der Waals surface area contributed by atoms with E-state index in [4.69, 9.17) is 4.74 Å². The number of nitrogens with one attached hydrogen (secondary N) is 1. The van der Waals surface area contributed by atoms with Crippen LogP contribution in [0, 0.1) is 12.8 Å². The fourth-order valence-corrected chi connectivity index (χ4v) is 4.02. The number of likely N-dealkylation sites (tertiary alicyclic amines) is 1. The molecule has 2 aliphatic rings. The molecule has 5 nitrogen and oxygen atoms in total. The monoisotopic (exact) mass is 345 g/mol. The lowest BCUT2D eigenvalue weighted by Gasteiger charge is -2.34. The predicted molar refractivity (Wildman–Crippen MR) is 99.8 cm³/mol. The second kappa shape index (κ2) is 8.19. The van der Waals surface area contributed by atoms with E-state index in [9.17, 15) is 4.79 Å². The maximum absolute atomic E-state index is 12.7. The number of nitrogens with zero attached hydrogens (tertiary/aromatic N) is 2. The summed E-state index contributed by atoms with van der Waals surface area (Å²) < 4.78 is 5.45. The van der Waals surface area contributed by atoms with Gasteiger partial charge in [0.25, 0.3) is 0 Å². The smallest absolute Gasteiger partial charge is 0.317 e. The van der Waals surface area contributed by atoms with Crippen molar-refractivity contribution in [3.63, 3.8) is 0 Å². The van der Waals surface area contributed by atoms with Crippen molar-refractivity contribution in [2.75, 3.05) is 39.4 Å². The van der Waals surface area contributed by atoms with Crippen LogP contribution in [-0.4, -0.2) is 67.3 Å². The van der Waals surface area contributed by atoms with Crippen molar-refractivity contribution in [1.82, 2.24) is 15.1 Å². The molecule has 0 bridgehead atoms. The van der Waals surface area contributed by atoms with Gasteiger partial charge in [0.05, 0.1) is 13.2 Å². The Balaban J connectivity index is 1.52. The molecular weight excluding hydrogens is 314 g/mol. The van der Waals surface area contributed by atoms with Crippen molar-refractivity contribution in [2.45, 2.75) is 39.3 Å². The Kier molecular flexibility index (Phi) is 5.97. The van der Waals surface area contributed by atoms with Gasteiger partial charge in [0.2, 0.25) is 0 Å². The number of carbonyl (C=O) groups excluding carboxylic acids is 1. The molecule has 1 aromatic rings. The number of ether oxygens (including phenoxy) is 1. The molecule has 0 aliphatic carbocycles. The molecule has 3 unspecified atom stereocenters. The second-order valence-electron chi connectivity index (χ2n) is 7.58. The molecule has 3 atom stereocenters. The highest BCUT2D eigenvalue weighted by Gasteiger charge is 2.36. The summed E-state index contributed by atoms with van der Waals surface area (Å²) in [5, 5.41) is 3.19. The maximum Gasteiger partial charge on any atom is 0.317 e. The van der Waals surface area contributed by atoms with E-state index < -0.39 is 0 Å². The number of carbonyl (C=O) groups is 1. The van der Waals surface area contributed by atoms with Crippen molar-refractivity contribution < 1.29 is 9.53 Å². The second-order valence-corrected chi connectivity index (χ2v) is 7.58. The number of benzene rings is 1. The largest absolute Gasteiger partial charge is 0.379 e. The summed E-state index contributed by atoms with van der Waals surface area (Å²) in [5.41, 5.74) is 2.59. The van der Waals surface area contributed by atoms with Gasteiger partial charge >= 0.3 is 6.03 Å². The molecule has 0 radical (unpaired) electrons. The first-order chi connectivity index (χ1) is 12.0. The predicted octanol–water partition coefficient (Wildman–Crippen LogP) is 2.29. The van der Waals surface area contributed by atoms with Crippen molar-refractivity contribution in [2.24, 2.45) is 5.92 Å². The first-order valence-corrected chi connectivity index (χ1v) is 9.46. The van der Waals surface area contributed by atoms with Gasteiger partial charge in [0, 0.05) is 38.3 Å². The molecule has 2 saturated heterocycles. The van der Waals surface area contributed by atoms with Gasteiger partial charge in [0.1, 0.15) is 0 Å². The minimum absolute atomic E-state index is 0.0729. The summed E-state index contributed by atoms with van der Waals surface area (Å²) in [6.45, 7) is 11.7. The van der Waals surface area contributed by atoms with E-state index in [1.54, 1.807) is 0 Å². The summed E-state index contributed by atoms with van der Waals surface area (Å²) in [4.78, 5) is 17.1. The average molecular weight is 345 g/mol. The highest BCUT2D eigenvalue weighted by Crippen LogP contribution is 2.23. The molecule has 0 aromatic heterocycles. The number of amides is 2. The van der Waals surface area contributed by atoms with E-state index >= 15 is 0 Å². The molecule has 2 heterocycles. The Morgan fingerprint density at radius 2 is 2.00 bits per heavy atom. The third kappa shape index (κ3) is 4.53. The van der Waals surface area contributed by atoms with Gasteiger partial charge in [-0.1, -0.05) is 31.2 Å². The third-order valence-electron chi connectivity index (χ3n) is 5.53. The fraction of sp³-hybridized carbons (Fsp3) is 0.650. The zero-order valence-corrected chi connectivity index (χ0v) is 15.7. The number of urea groups is 1. The Morgan fingerprint density at radius 3 is 2.72 bits per heavy atom. The van der Waals surface area contributed by atoms with Gasteiger partial charge in [0.15, 0.2) is 0 Å². The quantitative estimate of drug-likeness (QED) is 0.911. The highest BCUT2D eigenvalue weighted by molar-refractivity contribution is 5.75. The van der Waals surface area contributed by atoms with Crippen LogP contribution in [0.3, 0.4) is 0 Å². The van der Waals surface area contributed by atoms with Crippen LogP contribution in [-0.2, 0) is 11.2 Å². The van der Waals surface area contributed by atoms with Gasteiger partial charge in [-0.15, -0.1) is 0 Å². The topological polar surface area (TPSA) is 44.8 Å². The van der Waals surface area contributed by atoms with E-state index in [-0.39, 0.29) is 12.1 Å². The highest BCUT2D eigenvalue weighted by atomic mass is 16.5. The first-order valence-electron chi connectivity index (χ1n) is 9.46. The van der Waals surface area contributed by atoms with E-state index in [1.165, 1.54) is 11.1 Å². The molecule has 1 N–H and O–H groups in total. The van der Waals surface area contributed by atoms with Crippen LogP contribution < -0.4 is 5.32 Å². The SMILES string of the molecule is Cc1ccccc1CC(C)NC(=O)N1CC(C)C(N2CCOCC2)C1. The Labute approximate surface area is 151 Å². The zero-order chi connectivity index (χ0) is 17.8. The lowest BCUT2D eigenvalue weighted by Crippen LogP contribution is -2.48. The molecule has 5 heteroatoms. The van der Waals surface area contributed by atoms with Crippen LogP contribution in [0.2, 0.25) is 0 Å². The normalized spacial score (nSPS) is 25.8. The Hall–Kier alpha value is -1.59. The molecule has 0 saturated carbocycles. The lowest BCUT2D eigenvalue weighted by atomic mass is 10.0. The Bertz CT molecular complexity index is 586. The van der Waals surface area contributed by atoms with E-state index in [0.29, 0.717) is 12.0 Å². The van der Waals surface area contributed by atoms with Crippen LogP contribution in [0.1, 0.15) is 25.0 Å². The molecular formula is C20H31N3O2. The summed E-state index contributed by atoms with van der Waals surface area (Å²) in [5.74, 6) is 0.510. The van der Waals surface area contributed by atoms with Crippen molar-refractivity contribution in [3.05, 3.63) is 35.4 Å². The molecule has 2 fully saturated rings. The third-order valence-corrected chi connectivity index (χ3v) is 5.53. The zero-order valence-electron chi connectivity index (χ0n) is 15.7. The van der Waals surface area contributed by atoms with Crippen molar-refractivity contribution in [3.8, 4) is 0 Å². The van der Waals surface area contributed by atoms with Gasteiger partial charge in [-0.25, -0.2) is 4.79 Å². The summed E-state index contributed by atoms with van der Waals surface area (Å²) in [6.07, 6.45) is 0.870. The van der Waals surface area contributed by atoms with Crippen molar-refractivity contribution in [1.29, 1.82) is 0 Å². The molecule has 2 aliphatic heterocycles. The van der Waals surface area contributed by atoms with Crippen LogP contribution in [0.25, 0.3) is 0 Å². The van der Waals surface area contributed by atoms with E-state index in [0.717, 1.165) is 45.8 Å². The van der Waals surface area contributed by atoms with Crippen LogP contribution in [0.15, 0.2) is 24.3 Å². The van der Waals surface area contributed by atoms with Crippen LogP contribution >= 0.6 is 0 Å². The standard InChI is InChI=1S/C20H31N3O2/c1-15-6-4-5-7-18(15)12-17(3)21-20(24)23-13-16(2)19(14-23)22-8-10-25-11-9-22/h4-7,16-17,19H,8-14H2,1-3H3,(H,21,24). The summed E-state index contributed by atoms with van der Waals surface area (Å²) in [6, 6.07) is 9.05. The Morgan fingerprint density at radius 1 is 1.28 bits per heavy atom. The average Bonchev–Trinajstić information content (AvgIpc) is 3.00. The molecule has 3 rings (SSSR count). The number of rotatable bonds is 4. The molecule has 138 valence electrons. The molecule has 0 spiro atoms. The fourth-order valence-electron chi connectivity index (χ4n) is 4.02. The lowest BCUT2D eigenvalue weighted by molar-refractivity contribution is 0.0123. The number of hydrogen-bond donors (Lipinski definition) is 1. The van der Waals surface area contributed by atoms with Crippen LogP contribution in [0.4, 0.5) is 4.79 Å². The minimum Gasteiger partial charge on any atom is -0.379 e. The van der Waals surface area contributed by atoms with Gasteiger partial charge in [-0.05, 0) is 37.3 Å². The van der Waals surface area contributed by atoms with E-state index in [2.05, 4.69) is 55.3 Å². The summed E-state index contributed by atoms with van der Waals surface area (Å²) >= 11 is 0. The number of morpholine rings is 1. The summed E-state index contributed by atoms with van der Waals surface area (Å²) in [7, 11) is 0. The number of aryl methyl sites for hydroxylation is 1. The number of hydrogen-bond acceptors (Lipinski definition) is 3. The maximum atomic E-state index is 12.7.